The lowest BCUT2D eigenvalue weighted by atomic mass is 10.7. The molecule has 0 aliphatic rings. The Morgan fingerprint density at radius 2 is 2.44 bits per heavy atom. The summed E-state index contributed by atoms with van der Waals surface area (Å²) in [5.41, 5.74) is 0.748. The maximum atomic E-state index is 3.99. The molecule has 0 aromatic carbocycles. The molecule has 1 rings (SSSR count). The molecule has 1 heterocycles. The second-order valence-corrected chi connectivity index (χ2v) is 1.75. The lowest BCUT2D eigenvalue weighted by Gasteiger charge is -1.93. The summed E-state index contributed by atoms with van der Waals surface area (Å²) in [5, 5.41) is 0. The highest BCUT2D eigenvalue weighted by molar-refractivity contribution is 4.78. The van der Waals surface area contributed by atoms with E-state index in [1.165, 1.54) is 0 Å². The van der Waals surface area contributed by atoms with Crippen molar-refractivity contribution in [1.29, 1.82) is 0 Å². The smallest absolute Gasteiger partial charge is 0.224 e. The molecule has 0 saturated heterocycles. The van der Waals surface area contributed by atoms with Crippen LogP contribution in [0.15, 0.2) is 23.5 Å². The average molecular weight is 123 g/mol. The fraction of sp³-hybridized carbons (Fsp3) is 0.333. The monoisotopic (exact) mass is 123 g/mol. The Balaban J connectivity index is 3.33. The summed E-state index contributed by atoms with van der Waals surface area (Å²) in [4.78, 5) is 7.92. The van der Waals surface area contributed by atoms with E-state index in [-0.39, 0.29) is 0 Å². The van der Waals surface area contributed by atoms with Crippen molar-refractivity contribution in [2.75, 3.05) is 7.05 Å². The zero-order valence-electron chi connectivity index (χ0n) is 5.57. The van der Waals surface area contributed by atoms with E-state index in [1.54, 1.807) is 13.2 Å². The van der Waals surface area contributed by atoms with Crippen molar-refractivity contribution in [1.82, 2.24) is 9.55 Å². The van der Waals surface area contributed by atoms with E-state index < -0.39 is 0 Å². The molecule has 9 heavy (non-hydrogen) atoms. The lowest BCUT2D eigenvalue weighted by molar-refractivity contribution is 0.774. The number of hydrogen-bond donors (Lipinski definition) is 0. The SMILES string of the molecule is C/N=c1/ncccn1C. The van der Waals surface area contributed by atoms with E-state index in [0.29, 0.717) is 0 Å². The summed E-state index contributed by atoms with van der Waals surface area (Å²) in [6.45, 7) is 0. The van der Waals surface area contributed by atoms with Gasteiger partial charge in [-0.15, -0.1) is 0 Å². The van der Waals surface area contributed by atoms with Gasteiger partial charge in [-0.2, -0.15) is 0 Å². The Morgan fingerprint density at radius 3 is 2.89 bits per heavy atom. The topological polar surface area (TPSA) is 30.2 Å². The Bertz CT molecular complexity index is 248. The van der Waals surface area contributed by atoms with E-state index in [2.05, 4.69) is 9.98 Å². The largest absolute Gasteiger partial charge is 0.321 e. The van der Waals surface area contributed by atoms with Crippen LogP contribution >= 0.6 is 0 Å². The minimum Gasteiger partial charge on any atom is -0.321 e. The van der Waals surface area contributed by atoms with Gasteiger partial charge in [0.15, 0.2) is 0 Å². The van der Waals surface area contributed by atoms with Crippen molar-refractivity contribution in [3.8, 4) is 0 Å². The van der Waals surface area contributed by atoms with Crippen molar-refractivity contribution < 1.29 is 0 Å². The van der Waals surface area contributed by atoms with Crippen LogP contribution in [-0.2, 0) is 7.05 Å². The van der Waals surface area contributed by atoms with Crippen molar-refractivity contribution in [2.24, 2.45) is 12.0 Å². The summed E-state index contributed by atoms with van der Waals surface area (Å²) in [6, 6.07) is 1.87. The number of nitrogens with zero attached hydrogens (tertiary/aromatic N) is 3. The minimum atomic E-state index is 0.748. The maximum Gasteiger partial charge on any atom is 0.224 e. The molecule has 0 saturated carbocycles. The molecule has 0 bridgehead atoms. The molecule has 0 atom stereocenters. The fourth-order valence-corrected chi connectivity index (χ4v) is 0.650. The first-order valence-corrected chi connectivity index (χ1v) is 2.75. The Hall–Kier alpha value is -1.12. The molecular formula is C6H9N3. The standard InChI is InChI=1S/C6H9N3/c1-7-6-8-4-3-5-9(6)2/h3-5H,1-2H3/b7-6-. The third-order valence-electron chi connectivity index (χ3n) is 1.10. The molecule has 0 fully saturated rings. The Morgan fingerprint density at radius 1 is 1.67 bits per heavy atom. The van der Waals surface area contributed by atoms with Crippen LogP contribution in [-0.4, -0.2) is 16.6 Å². The van der Waals surface area contributed by atoms with Gasteiger partial charge in [-0.05, 0) is 6.07 Å². The highest BCUT2D eigenvalue weighted by Gasteiger charge is 1.79. The third-order valence-corrected chi connectivity index (χ3v) is 1.10. The van der Waals surface area contributed by atoms with Crippen LogP contribution in [0.2, 0.25) is 0 Å². The quantitative estimate of drug-likeness (QED) is 0.475. The van der Waals surface area contributed by atoms with Gasteiger partial charge in [-0.1, -0.05) is 0 Å². The van der Waals surface area contributed by atoms with Gasteiger partial charge in [0.05, 0.1) is 0 Å². The molecule has 1 aromatic rings. The van der Waals surface area contributed by atoms with Crippen LogP contribution in [0.3, 0.4) is 0 Å². The summed E-state index contributed by atoms with van der Waals surface area (Å²) in [7, 11) is 3.64. The van der Waals surface area contributed by atoms with Crippen LogP contribution in [0.5, 0.6) is 0 Å². The summed E-state index contributed by atoms with van der Waals surface area (Å²) in [5.74, 6) is 0. The first-order valence-electron chi connectivity index (χ1n) is 2.75. The summed E-state index contributed by atoms with van der Waals surface area (Å²) < 4.78 is 1.86. The molecule has 0 spiro atoms. The molecule has 0 aliphatic heterocycles. The zero-order valence-corrected chi connectivity index (χ0v) is 5.57. The van der Waals surface area contributed by atoms with Crippen molar-refractivity contribution >= 4 is 0 Å². The number of aryl methyl sites for hydroxylation is 1. The van der Waals surface area contributed by atoms with E-state index >= 15 is 0 Å². The van der Waals surface area contributed by atoms with Crippen molar-refractivity contribution in [3.05, 3.63) is 24.1 Å². The van der Waals surface area contributed by atoms with Crippen LogP contribution in [0, 0.1) is 0 Å². The average Bonchev–Trinajstić information content (AvgIpc) is 1.89. The molecule has 0 amide bonds. The summed E-state index contributed by atoms with van der Waals surface area (Å²) in [6.07, 6.45) is 3.64. The molecule has 3 nitrogen and oxygen atoms in total. The third kappa shape index (κ3) is 1.16. The molecule has 0 radical (unpaired) electrons. The zero-order chi connectivity index (χ0) is 6.69. The normalized spacial score (nSPS) is 12.0. The van der Waals surface area contributed by atoms with Crippen LogP contribution in [0.4, 0.5) is 0 Å². The molecule has 1 aromatic heterocycles. The van der Waals surface area contributed by atoms with E-state index in [4.69, 9.17) is 0 Å². The molecule has 0 N–H and O–H groups in total. The van der Waals surface area contributed by atoms with E-state index in [1.807, 2.05) is 23.9 Å². The predicted molar refractivity (Wildman–Crippen MR) is 34.7 cm³/mol. The number of hydrogen-bond acceptors (Lipinski definition) is 2. The van der Waals surface area contributed by atoms with Crippen molar-refractivity contribution in [2.45, 2.75) is 0 Å². The van der Waals surface area contributed by atoms with Gasteiger partial charge in [0.2, 0.25) is 5.62 Å². The molecule has 0 unspecified atom stereocenters. The summed E-state index contributed by atoms with van der Waals surface area (Å²) >= 11 is 0. The number of aromatic nitrogens is 2. The van der Waals surface area contributed by atoms with Crippen LogP contribution in [0.1, 0.15) is 0 Å². The first kappa shape index (κ1) is 6.01. The van der Waals surface area contributed by atoms with Gasteiger partial charge in [-0.3, -0.25) is 4.99 Å². The van der Waals surface area contributed by atoms with Gasteiger partial charge >= 0.3 is 0 Å². The predicted octanol–water partition coefficient (Wildman–Crippen LogP) is -0.0494. The van der Waals surface area contributed by atoms with Crippen LogP contribution < -0.4 is 5.62 Å². The molecule has 0 aliphatic carbocycles. The van der Waals surface area contributed by atoms with E-state index in [9.17, 15) is 0 Å². The van der Waals surface area contributed by atoms with Crippen LogP contribution in [0.25, 0.3) is 0 Å². The van der Waals surface area contributed by atoms with Gasteiger partial charge in [0, 0.05) is 26.5 Å². The highest BCUT2D eigenvalue weighted by Crippen LogP contribution is 1.69. The van der Waals surface area contributed by atoms with E-state index in [0.717, 1.165) is 5.62 Å². The highest BCUT2D eigenvalue weighted by atomic mass is 15.0. The maximum absolute atomic E-state index is 3.99. The minimum absolute atomic E-state index is 0.748. The van der Waals surface area contributed by atoms with Gasteiger partial charge in [-0.25, -0.2) is 4.98 Å². The lowest BCUT2D eigenvalue weighted by Crippen LogP contribution is -2.19. The van der Waals surface area contributed by atoms with Gasteiger partial charge in [0.1, 0.15) is 0 Å². The molecule has 3 heteroatoms. The fourth-order valence-electron chi connectivity index (χ4n) is 0.650. The first-order chi connectivity index (χ1) is 4.34. The second kappa shape index (κ2) is 2.44. The van der Waals surface area contributed by atoms with Crippen molar-refractivity contribution in [3.63, 3.8) is 0 Å². The molecular weight excluding hydrogens is 114 g/mol. The Kier molecular flexibility index (Phi) is 1.63. The number of rotatable bonds is 0. The molecule has 48 valence electrons. The van der Waals surface area contributed by atoms with Gasteiger partial charge < -0.3 is 4.57 Å². The van der Waals surface area contributed by atoms with Gasteiger partial charge in [0.25, 0.3) is 0 Å². The second-order valence-electron chi connectivity index (χ2n) is 1.75. The Labute approximate surface area is 53.7 Å².